The van der Waals surface area contributed by atoms with Crippen LogP contribution in [0.1, 0.15) is 15.9 Å². The number of phenols is 1. The number of carbonyl (C=O) groups is 1. The molecule has 0 saturated carbocycles. The fraction of sp³-hybridized carbons (Fsp3) is 0.133. The zero-order valence-corrected chi connectivity index (χ0v) is 12.0. The Hall–Kier alpha value is -1.57. The van der Waals surface area contributed by atoms with Gasteiger partial charge in [0.15, 0.2) is 0 Å². The third-order valence-electron chi connectivity index (χ3n) is 3.44. The molecule has 2 aromatic rings. The molecule has 1 heterocycles. The van der Waals surface area contributed by atoms with Crippen molar-refractivity contribution in [2.75, 3.05) is 0 Å². The number of carbonyl (C=O) groups excluding carboxylic acids is 1. The Morgan fingerprint density at radius 2 is 1.61 bits per heavy atom. The van der Waals surface area contributed by atoms with Crippen LogP contribution in [0.3, 0.4) is 0 Å². The maximum atomic E-state index is 12.5. The van der Waals surface area contributed by atoms with E-state index in [1.54, 1.807) is 18.2 Å². The van der Waals surface area contributed by atoms with E-state index in [-0.39, 0.29) is 11.5 Å². The normalized spacial score (nSPS) is 17.8. The number of aromatic hydroxyl groups is 1. The zero-order valence-electron chi connectivity index (χ0n) is 10.3. The average molecular weight is 305 g/mol. The Bertz CT molecular complexity index is 659. The van der Waals surface area contributed by atoms with Crippen molar-refractivity contribution in [3.63, 3.8) is 0 Å². The number of phenolic OH excluding ortho intramolecular Hbond substituents is 1. The number of hydrogen-bond acceptors (Lipinski definition) is 2. The molecule has 18 heavy (non-hydrogen) atoms. The van der Waals surface area contributed by atoms with E-state index >= 15 is 0 Å². The molecule has 0 saturated heterocycles. The van der Waals surface area contributed by atoms with Gasteiger partial charge in [-0.3, -0.25) is 0 Å². The number of fused-ring (bicyclic) bond motifs is 2. The van der Waals surface area contributed by atoms with Crippen LogP contribution in [-0.2, 0) is 0 Å². The van der Waals surface area contributed by atoms with Crippen molar-refractivity contribution in [1.29, 1.82) is 0 Å². The van der Waals surface area contributed by atoms with Gasteiger partial charge in [-0.25, -0.2) is 0 Å². The summed E-state index contributed by atoms with van der Waals surface area (Å²) >= 11 is -2.09. The predicted molar refractivity (Wildman–Crippen MR) is 74.7 cm³/mol. The molecule has 3 heteroatoms. The molecule has 0 unspecified atom stereocenters. The Balaban J connectivity index is 2.37. The fourth-order valence-electron chi connectivity index (χ4n) is 2.48. The van der Waals surface area contributed by atoms with Crippen LogP contribution in [0.5, 0.6) is 5.75 Å². The van der Waals surface area contributed by atoms with Gasteiger partial charge < -0.3 is 0 Å². The molecule has 3 rings (SSSR count). The van der Waals surface area contributed by atoms with Crippen molar-refractivity contribution in [3.8, 4) is 5.75 Å². The molecule has 1 aliphatic rings. The number of hydrogen-bond donors (Lipinski definition) is 1. The van der Waals surface area contributed by atoms with E-state index in [1.165, 1.54) is 4.46 Å². The molecular formula is C15H14O2Se. The SMILES string of the molecule is C[Se]1(C)c2ccccc2C(=O)c2ccc(O)cc21. The molecule has 0 radical (unpaired) electrons. The van der Waals surface area contributed by atoms with Gasteiger partial charge in [-0.05, 0) is 0 Å². The van der Waals surface area contributed by atoms with Crippen LogP contribution in [-0.4, -0.2) is 23.7 Å². The monoisotopic (exact) mass is 306 g/mol. The maximum absolute atomic E-state index is 12.5. The average Bonchev–Trinajstić information content (AvgIpc) is 2.36. The Morgan fingerprint density at radius 3 is 2.39 bits per heavy atom. The van der Waals surface area contributed by atoms with Crippen molar-refractivity contribution >= 4 is 27.6 Å². The van der Waals surface area contributed by atoms with Crippen LogP contribution >= 0.6 is 0 Å². The van der Waals surface area contributed by atoms with Gasteiger partial charge in [0.05, 0.1) is 0 Å². The first-order valence-electron chi connectivity index (χ1n) is 5.72. The molecule has 2 nitrogen and oxygen atoms in total. The molecule has 0 fully saturated rings. The van der Waals surface area contributed by atoms with Gasteiger partial charge in [-0.15, -0.1) is 0 Å². The number of rotatable bonds is 0. The van der Waals surface area contributed by atoms with E-state index in [9.17, 15) is 9.90 Å². The minimum atomic E-state index is -2.09. The van der Waals surface area contributed by atoms with Gasteiger partial charge in [0.25, 0.3) is 0 Å². The van der Waals surface area contributed by atoms with Gasteiger partial charge in [0, 0.05) is 0 Å². The van der Waals surface area contributed by atoms with Gasteiger partial charge in [-0.2, -0.15) is 0 Å². The van der Waals surface area contributed by atoms with E-state index in [2.05, 4.69) is 17.7 Å². The van der Waals surface area contributed by atoms with Crippen molar-refractivity contribution < 1.29 is 9.90 Å². The zero-order chi connectivity index (χ0) is 12.9. The number of ketones is 1. The summed E-state index contributed by atoms with van der Waals surface area (Å²) < 4.78 is 2.23. The molecular weight excluding hydrogens is 291 g/mol. The van der Waals surface area contributed by atoms with E-state index in [1.807, 2.05) is 18.2 Å². The molecule has 0 bridgehead atoms. The van der Waals surface area contributed by atoms with Crippen molar-refractivity contribution in [2.45, 2.75) is 11.6 Å². The van der Waals surface area contributed by atoms with Crippen LogP contribution in [0.25, 0.3) is 0 Å². The second-order valence-corrected chi connectivity index (χ2v) is 12.2. The summed E-state index contributed by atoms with van der Waals surface area (Å²) in [7, 11) is 0. The summed E-state index contributed by atoms with van der Waals surface area (Å²) in [4.78, 5) is 12.5. The number of benzene rings is 2. The molecule has 0 atom stereocenters. The third kappa shape index (κ3) is 1.45. The summed E-state index contributed by atoms with van der Waals surface area (Å²) in [5.41, 5.74) is 1.59. The van der Waals surface area contributed by atoms with Crippen LogP contribution in [0.15, 0.2) is 42.5 Å². The summed E-state index contributed by atoms with van der Waals surface area (Å²) in [6.45, 7) is 0. The Kier molecular flexibility index (Phi) is 2.37. The van der Waals surface area contributed by atoms with Gasteiger partial charge in [0.2, 0.25) is 0 Å². The molecule has 1 aliphatic heterocycles. The molecule has 0 aliphatic carbocycles. The van der Waals surface area contributed by atoms with Crippen LogP contribution in [0.2, 0.25) is 11.6 Å². The fourth-order valence-corrected chi connectivity index (χ4v) is 7.71. The van der Waals surface area contributed by atoms with Crippen LogP contribution < -0.4 is 8.92 Å². The van der Waals surface area contributed by atoms with Crippen LogP contribution in [0, 0.1) is 0 Å². The molecule has 0 amide bonds. The van der Waals surface area contributed by atoms with Crippen LogP contribution in [0.4, 0.5) is 0 Å². The minimum absolute atomic E-state index is 0.0807. The summed E-state index contributed by atoms with van der Waals surface area (Å²) in [5, 5.41) is 9.67. The van der Waals surface area contributed by atoms with Gasteiger partial charge >= 0.3 is 108 Å². The summed E-state index contributed by atoms with van der Waals surface area (Å²) in [6.07, 6.45) is 0. The first kappa shape index (κ1) is 11.5. The molecule has 92 valence electrons. The van der Waals surface area contributed by atoms with Crippen molar-refractivity contribution in [2.24, 2.45) is 0 Å². The van der Waals surface area contributed by atoms with E-state index in [4.69, 9.17) is 0 Å². The summed E-state index contributed by atoms with van der Waals surface area (Å²) in [5.74, 6) is 4.79. The van der Waals surface area contributed by atoms with Crippen molar-refractivity contribution in [3.05, 3.63) is 53.6 Å². The Labute approximate surface area is 109 Å². The van der Waals surface area contributed by atoms with E-state index < -0.39 is 12.8 Å². The predicted octanol–water partition coefficient (Wildman–Crippen LogP) is 1.76. The standard InChI is InChI=1S/C15H14O2Se/c1-18(2)13-6-4-3-5-11(13)15(17)12-8-7-10(16)9-14(12)18/h3-9,16H,1-2H3. The Morgan fingerprint density at radius 1 is 0.944 bits per heavy atom. The van der Waals surface area contributed by atoms with E-state index in [0.29, 0.717) is 0 Å². The van der Waals surface area contributed by atoms with E-state index in [0.717, 1.165) is 15.6 Å². The second-order valence-electron chi connectivity index (χ2n) is 4.83. The first-order chi connectivity index (χ1) is 8.51. The van der Waals surface area contributed by atoms with Gasteiger partial charge in [0.1, 0.15) is 0 Å². The molecule has 1 N–H and O–H groups in total. The first-order valence-corrected chi connectivity index (χ1v) is 10.9. The van der Waals surface area contributed by atoms with Crippen molar-refractivity contribution in [1.82, 2.24) is 0 Å². The molecule has 2 aromatic carbocycles. The quantitative estimate of drug-likeness (QED) is 0.753. The third-order valence-corrected chi connectivity index (χ3v) is 9.51. The second kappa shape index (κ2) is 3.71. The molecule has 0 aromatic heterocycles. The summed E-state index contributed by atoms with van der Waals surface area (Å²) in [6, 6.07) is 13.0. The molecule has 0 spiro atoms. The van der Waals surface area contributed by atoms with Gasteiger partial charge in [-0.1, -0.05) is 0 Å². The topological polar surface area (TPSA) is 37.3 Å².